The van der Waals surface area contributed by atoms with Crippen molar-refractivity contribution in [2.45, 2.75) is 34.2 Å². The molecule has 0 aliphatic heterocycles. The van der Waals surface area contributed by atoms with E-state index in [1.165, 1.54) is 0 Å². The molecule has 34 heavy (non-hydrogen) atoms. The van der Waals surface area contributed by atoms with Crippen molar-refractivity contribution in [2.75, 3.05) is 26.3 Å². The molecule has 3 aromatic rings. The van der Waals surface area contributed by atoms with Gasteiger partial charge in [0.05, 0.1) is 29.6 Å². The van der Waals surface area contributed by atoms with Gasteiger partial charge in [-0.05, 0) is 45.9 Å². The van der Waals surface area contributed by atoms with Crippen LogP contribution in [-0.4, -0.2) is 58.0 Å². The molecule has 0 saturated heterocycles. The summed E-state index contributed by atoms with van der Waals surface area (Å²) < 4.78 is 17.7. The van der Waals surface area contributed by atoms with E-state index in [0.29, 0.717) is 46.8 Å². The zero-order chi connectivity index (χ0) is 24.7. The Labute approximate surface area is 201 Å². The summed E-state index contributed by atoms with van der Waals surface area (Å²) in [5.74, 6) is 0.345. The third-order valence-electron chi connectivity index (χ3n) is 4.75. The third-order valence-corrected chi connectivity index (χ3v) is 5.30. The molecule has 0 saturated carbocycles. The average Bonchev–Trinajstić information content (AvgIpc) is 3.38. The van der Waals surface area contributed by atoms with Gasteiger partial charge in [-0.15, -0.1) is 0 Å². The lowest BCUT2D eigenvalue weighted by Crippen LogP contribution is -2.34. The predicted octanol–water partition coefficient (Wildman–Crippen LogP) is 2.54. The summed E-state index contributed by atoms with van der Waals surface area (Å²) in [7, 11) is 0. The molecule has 2 amide bonds. The van der Waals surface area contributed by atoms with E-state index >= 15 is 0 Å². The molecule has 0 radical (unpaired) electrons. The molecule has 0 aliphatic rings. The summed E-state index contributed by atoms with van der Waals surface area (Å²) in [5, 5.41) is 14.0. The maximum Gasteiger partial charge on any atom is 0.316 e. The van der Waals surface area contributed by atoms with Crippen molar-refractivity contribution in [3.63, 3.8) is 0 Å². The molecule has 0 spiro atoms. The van der Waals surface area contributed by atoms with Gasteiger partial charge in [0, 0.05) is 18.7 Å². The second-order valence-electron chi connectivity index (χ2n) is 7.20. The second-order valence-corrected chi connectivity index (χ2v) is 7.58. The van der Waals surface area contributed by atoms with Gasteiger partial charge in [-0.2, -0.15) is 10.1 Å². The highest BCUT2D eigenvalue weighted by molar-refractivity contribution is 6.31. The largest absolute Gasteiger partial charge is 0.490 e. The zero-order valence-electron chi connectivity index (χ0n) is 19.5. The van der Waals surface area contributed by atoms with E-state index in [4.69, 9.17) is 25.6 Å². The van der Waals surface area contributed by atoms with E-state index in [0.717, 1.165) is 5.69 Å². The number of ether oxygens (including phenoxy) is 2. The Morgan fingerprint density at radius 1 is 1.06 bits per heavy atom. The van der Waals surface area contributed by atoms with E-state index in [-0.39, 0.29) is 31.4 Å². The van der Waals surface area contributed by atoms with Crippen molar-refractivity contribution in [1.82, 2.24) is 30.6 Å². The first-order valence-electron chi connectivity index (χ1n) is 10.8. The number of aromatic nitrogens is 4. The number of carbonyl (C=O) groups excluding carboxylic acids is 2. The molecule has 2 heterocycles. The number of rotatable bonds is 11. The number of hydrogen-bond donors (Lipinski definition) is 2. The highest BCUT2D eigenvalue weighted by Gasteiger charge is 2.17. The van der Waals surface area contributed by atoms with Crippen LogP contribution in [0.1, 0.15) is 52.1 Å². The molecule has 0 bridgehead atoms. The lowest BCUT2D eigenvalue weighted by Gasteiger charge is -2.12. The van der Waals surface area contributed by atoms with Gasteiger partial charge >= 0.3 is 11.8 Å². The SMILES string of the molecule is CCOc1ccc(C(=O)NCCNC(=O)c2nc(Cn3nc(C)c(Cl)c3C)no2)cc1OCC. The van der Waals surface area contributed by atoms with Crippen LogP contribution >= 0.6 is 11.6 Å². The number of aryl methyl sites for hydroxylation is 1. The summed E-state index contributed by atoms with van der Waals surface area (Å²) in [5.41, 5.74) is 1.89. The summed E-state index contributed by atoms with van der Waals surface area (Å²) >= 11 is 6.14. The maximum atomic E-state index is 12.4. The number of carbonyl (C=O) groups is 2. The number of halogens is 1. The number of benzene rings is 1. The van der Waals surface area contributed by atoms with Gasteiger partial charge in [0.15, 0.2) is 17.3 Å². The number of nitrogens with one attached hydrogen (secondary N) is 2. The first kappa shape index (κ1) is 25.0. The second kappa shape index (κ2) is 11.5. The Morgan fingerprint density at radius 2 is 1.74 bits per heavy atom. The predicted molar refractivity (Wildman–Crippen MR) is 124 cm³/mol. The minimum absolute atomic E-state index is 0.171. The van der Waals surface area contributed by atoms with E-state index in [2.05, 4.69) is 25.9 Å². The van der Waals surface area contributed by atoms with Crippen LogP contribution in [-0.2, 0) is 6.54 Å². The quantitative estimate of drug-likeness (QED) is 0.392. The van der Waals surface area contributed by atoms with Crippen molar-refractivity contribution >= 4 is 23.4 Å². The highest BCUT2D eigenvalue weighted by Crippen LogP contribution is 2.28. The summed E-state index contributed by atoms with van der Waals surface area (Å²) in [6.45, 7) is 8.88. The summed E-state index contributed by atoms with van der Waals surface area (Å²) in [6.07, 6.45) is 0. The Bertz CT molecular complexity index is 1160. The van der Waals surface area contributed by atoms with Gasteiger partial charge in [0.1, 0.15) is 6.54 Å². The van der Waals surface area contributed by atoms with Crippen molar-refractivity contribution in [1.29, 1.82) is 0 Å². The Balaban J connectivity index is 1.48. The van der Waals surface area contributed by atoms with Crippen LogP contribution in [0.2, 0.25) is 5.02 Å². The summed E-state index contributed by atoms with van der Waals surface area (Å²) in [4.78, 5) is 28.8. The smallest absolute Gasteiger partial charge is 0.316 e. The molecule has 0 atom stereocenters. The van der Waals surface area contributed by atoms with Crippen molar-refractivity contribution in [3.8, 4) is 11.5 Å². The van der Waals surface area contributed by atoms with Crippen LogP contribution in [0.25, 0.3) is 0 Å². The van der Waals surface area contributed by atoms with Crippen LogP contribution in [0.4, 0.5) is 0 Å². The minimum Gasteiger partial charge on any atom is -0.490 e. The topological polar surface area (TPSA) is 133 Å². The molecule has 0 unspecified atom stereocenters. The maximum absolute atomic E-state index is 12.4. The molecule has 0 fully saturated rings. The molecule has 1 aromatic carbocycles. The molecule has 2 aromatic heterocycles. The van der Waals surface area contributed by atoms with Gasteiger partial charge in [-0.25, -0.2) is 0 Å². The third kappa shape index (κ3) is 6.04. The molecule has 0 aliphatic carbocycles. The van der Waals surface area contributed by atoms with Crippen LogP contribution in [0, 0.1) is 13.8 Å². The molecule has 3 rings (SSSR count). The van der Waals surface area contributed by atoms with Crippen molar-refractivity contribution in [2.24, 2.45) is 0 Å². The van der Waals surface area contributed by atoms with Crippen molar-refractivity contribution in [3.05, 3.63) is 51.9 Å². The minimum atomic E-state index is -0.543. The Hall–Kier alpha value is -3.60. The number of amides is 2. The first-order valence-corrected chi connectivity index (χ1v) is 11.2. The number of hydrogen-bond acceptors (Lipinski definition) is 8. The molecule has 11 nitrogen and oxygen atoms in total. The lowest BCUT2D eigenvalue weighted by atomic mass is 10.2. The first-order chi connectivity index (χ1) is 16.3. The summed E-state index contributed by atoms with van der Waals surface area (Å²) in [6, 6.07) is 4.97. The Morgan fingerprint density at radius 3 is 2.38 bits per heavy atom. The van der Waals surface area contributed by atoms with E-state index < -0.39 is 5.91 Å². The van der Waals surface area contributed by atoms with Gasteiger partial charge in [0.2, 0.25) is 0 Å². The van der Waals surface area contributed by atoms with E-state index in [1.807, 2.05) is 20.8 Å². The lowest BCUT2D eigenvalue weighted by molar-refractivity contribution is 0.0898. The standard InChI is InChI=1S/C22H27ClN6O5/c1-5-32-16-8-7-15(11-17(16)33-6-2)20(30)24-9-10-25-21(31)22-26-18(28-34-22)12-29-14(4)19(23)13(3)27-29/h7-8,11H,5-6,9-10,12H2,1-4H3,(H,24,30)(H,25,31). The molecule has 2 N–H and O–H groups in total. The zero-order valence-corrected chi connectivity index (χ0v) is 20.2. The van der Waals surface area contributed by atoms with E-state index in [9.17, 15) is 9.59 Å². The van der Waals surface area contributed by atoms with Crippen molar-refractivity contribution < 1.29 is 23.6 Å². The fourth-order valence-corrected chi connectivity index (χ4v) is 3.23. The molecule has 12 heteroatoms. The fraction of sp³-hybridized carbons (Fsp3) is 0.409. The number of nitrogens with zero attached hydrogens (tertiary/aromatic N) is 4. The fourth-order valence-electron chi connectivity index (χ4n) is 3.10. The van der Waals surface area contributed by atoms with Crippen LogP contribution in [0.3, 0.4) is 0 Å². The van der Waals surface area contributed by atoms with Gasteiger partial charge in [0.25, 0.3) is 5.91 Å². The van der Waals surface area contributed by atoms with Gasteiger partial charge < -0.3 is 24.6 Å². The molecular weight excluding hydrogens is 464 g/mol. The van der Waals surface area contributed by atoms with E-state index in [1.54, 1.807) is 29.8 Å². The molecular formula is C22H27ClN6O5. The van der Waals surface area contributed by atoms with Gasteiger partial charge in [-0.1, -0.05) is 16.8 Å². The average molecular weight is 491 g/mol. The monoisotopic (exact) mass is 490 g/mol. The van der Waals surface area contributed by atoms with Gasteiger partial charge in [-0.3, -0.25) is 14.3 Å². The normalized spacial score (nSPS) is 10.7. The van der Waals surface area contributed by atoms with Crippen LogP contribution in [0.15, 0.2) is 22.7 Å². The van der Waals surface area contributed by atoms with Crippen LogP contribution < -0.4 is 20.1 Å². The highest BCUT2D eigenvalue weighted by atomic mass is 35.5. The van der Waals surface area contributed by atoms with Crippen LogP contribution in [0.5, 0.6) is 11.5 Å². The molecule has 182 valence electrons. The Kier molecular flexibility index (Phi) is 8.47.